The molecule has 0 radical (unpaired) electrons. The van der Waals surface area contributed by atoms with Gasteiger partial charge >= 0.3 is 0 Å². The van der Waals surface area contributed by atoms with E-state index in [4.69, 9.17) is 4.74 Å². The minimum Gasteiger partial charge on any atom is -0.396 e. The van der Waals surface area contributed by atoms with Gasteiger partial charge in [-0.25, -0.2) is 0 Å². The van der Waals surface area contributed by atoms with Crippen molar-refractivity contribution in [3.05, 3.63) is 11.6 Å². The number of ether oxygens (including phenoxy) is 1. The molecule has 1 aliphatic heterocycles. The lowest BCUT2D eigenvalue weighted by Gasteiger charge is -2.71. The largest absolute Gasteiger partial charge is 0.396 e. The summed E-state index contributed by atoms with van der Waals surface area (Å²) < 4.78 is 6.22. The Bertz CT molecular complexity index is 915. The van der Waals surface area contributed by atoms with E-state index < -0.39 is 17.8 Å². The Morgan fingerprint density at radius 2 is 1.62 bits per heavy atom. The zero-order chi connectivity index (χ0) is 24.5. The molecule has 1 saturated heterocycles. The molecule has 3 N–H and O–H groups in total. The van der Waals surface area contributed by atoms with Crippen LogP contribution in [0.3, 0.4) is 0 Å². The van der Waals surface area contributed by atoms with Gasteiger partial charge in [0.25, 0.3) is 0 Å². The third kappa shape index (κ3) is 2.55. The van der Waals surface area contributed by atoms with Crippen LogP contribution in [0.25, 0.3) is 0 Å². The molecule has 4 saturated carbocycles. The Kier molecular flexibility index (Phi) is 4.87. The summed E-state index contributed by atoms with van der Waals surface area (Å²) in [6, 6.07) is 0. The molecule has 192 valence electrons. The Morgan fingerprint density at radius 3 is 2.32 bits per heavy atom. The first kappa shape index (κ1) is 23.9. The van der Waals surface area contributed by atoms with Gasteiger partial charge in [0, 0.05) is 16.2 Å². The number of allylic oxidation sites excluding steroid dienone is 2. The second-order valence-electron chi connectivity index (χ2n) is 15.1. The minimum atomic E-state index is -0.627. The maximum atomic E-state index is 10.9. The van der Waals surface area contributed by atoms with E-state index in [0.29, 0.717) is 17.8 Å². The fourth-order valence-electron chi connectivity index (χ4n) is 11.2. The monoisotopic (exact) mass is 472 g/mol. The van der Waals surface area contributed by atoms with Gasteiger partial charge in [-0.15, -0.1) is 0 Å². The van der Waals surface area contributed by atoms with Crippen molar-refractivity contribution in [2.75, 3.05) is 6.61 Å². The Hall–Kier alpha value is -0.420. The first-order chi connectivity index (χ1) is 15.8. The maximum Gasteiger partial charge on any atom is 0.160 e. The van der Waals surface area contributed by atoms with Crippen LogP contribution in [0, 0.1) is 50.2 Å². The summed E-state index contributed by atoms with van der Waals surface area (Å²) in [4.78, 5) is 0. The molecule has 0 aromatic heterocycles. The van der Waals surface area contributed by atoms with Crippen LogP contribution >= 0.6 is 0 Å². The first-order valence-electron chi connectivity index (χ1n) is 14.1. The van der Waals surface area contributed by atoms with E-state index in [-0.39, 0.29) is 39.8 Å². The molecular formula is C30H48O4. The van der Waals surface area contributed by atoms with Gasteiger partial charge in [-0.1, -0.05) is 53.2 Å². The lowest BCUT2D eigenvalue weighted by atomic mass is 9.33. The number of aliphatic hydroxyl groups excluding tert-OH is 3. The van der Waals surface area contributed by atoms with Crippen molar-refractivity contribution in [1.82, 2.24) is 0 Å². The second-order valence-corrected chi connectivity index (χ2v) is 15.1. The molecule has 2 bridgehead atoms. The van der Waals surface area contributed by atoms with Crippen LogP contribution in [-0.4, -0.2) is 40.4 Å². The van der Waals surface area contributed by atoms with Crippen molar-refractivity contribution in [3.63, 3.8) is 0 Å². The Morgan fingerprint density at radius 1 is 0.882 bits per heavy atom. The highest BCUT2D eigenvalue weighted by atomic mass is 16.6. The Labute approximate surface area is 206 Å². The fourth-order valence-corrected chi connectivity index (χ4v) is 11.2. The molecule has 0 spiro atoms. The average Bonchev–Trinajstić information content (AvgIpc) is 3.05. The van der Waals surface area contributed by atoms with E-state index in [1.807, 2.05) is 0 Å². The van der Waals surface area contributed by atoms with Crippen molar-refractivity contribution in [3.8, 4) is 0 Å². The van der Waals surface area contributed by atoms with Gasteiger partial charge in [0.1, 0.15) is 0 Å². The molecule has 0 aromatic carbocycles. The molecule has 1 heterocycles. The van der Waals surface area contributed by atoms with Crippen LogP contribution < -0.4 is 0 Å². The van der Waals surface area contributed by atoms with E-state index in [9.17, 15) is 15.3 Å². The smallest absolute Gasteiger partial charge is 0.160 e. The quantitative estimate of drug-likeness (QED) is 0.444. The maximum absolute atomic E-state index is 10.9. The summed E-state index contributed by atoms with van der Waals surface area (Å²) in [5.74, 6) is 1.44. The minimum absolute atomic E-state index is 0.0823. The van der Waals surface area contributed by atoms with Gasteiger partial charge in [0.2, 0.25) is 0 Å². The van der Waals surface area contributed by atoms with Gasteiger partial charge in [-0.2, -0.15) is 0 Å². The van der Waals surface area contributed by atoms with Gasteiger partial charge in [-0.05, 0) is 91.8 Å². The summed E-state index contributed by atoms with van der Waals surface area (Å²) >= 11 is 0. The van der Waals surface area contributed by atoms with Crippen LogP contribution in [0.5, 0.6) is 0 Å². The zero-order valence-electron chi connectivity index (χ0n) is 22.4. The molecule has 4 nitrogen and oxygen atoms in total. The zero-order valence-corrected chi connectivity index (χ0v) is 22.4. The molecule has 6 rings (SSSR count). The van der Waals surface area contributed by atoms with Crippen molar-refractivity contribution < 1.29 is 20.1 Å². The fraction of sp³-hybridized carbons (Fsp3) is 0.933. The standard InChI is InChI=1S/C30H48O4/c1-25-15-19-18-7-8-21-27(3)11-10-22(32)28(4,17-31)20(27)9-12-30(21,6)29(18,5)14-13-26(19,2)23(16-25)34-24(25)33/h7,19-24,31-33H,8-17H2,1-6H3/t19-,20+,21+,22-,23+,24+,25+,26+,27-,28+,29+,30+/m0/s1. The van der Waals surface area contributed by atoms with Gasteiger partial charge in [-0.3, -0.25) is 0 Å². The molecule has 12 atom stereocenters. The molecule has 4 heteroatoms. The number of hydrogen-bond donors (Lipinski definition) is 3. The Balaban J connectivity index is 1.42. The van der Waals surface area contributed by atoms with E-state index in [2.05, 4.69) is 47.6 Å². The van der Waals surface area contributed by atoms with Crippen LogP contribution in [-0.2, 0) is 4.74 Å². The third-order valence-electron chi connectivity index (χ3n) is 13.9. The van der Waals surface area contributed by atoms with Gasteiger partial charge < -0.3 is 20.1 Å². The molecule has 0 aromatic rings. The lowest BCUT2D eigenvalue weighted by molar-refractivity contribution is -0.216. The highest BCUT2D eigenvalue weighted by Crippen LogP contribution is 2.76. The van der Waals surface area contributed by atoms with Crippen molar-refractivity contribution in [2.45, 2.75) is 118 Å². The van der Waals surface area contributed by atoms with E-state index in [1.165, 1.54) is 19.3 Å². The first-order valence-corrected chi connectivity index (χ1v) is 14.1. The van der Waals surface area contributed by atoms with E-state index in [0.717, 1.165) is 38.5 Å². The summed E-state index contributed by atoms with van der Waals surface area (Å²) in [5, 5.41) is 32.2. The number of rotatable bonds is 1. The van der Waals surface area contributed by atoms with Crippen molar-refractivity contribution in [1.29, 1.82) is 0 Å². The van der Waals surface area contributed by atoms with Crippen LogP contribution in [0.4, 0.5) is 0 Å². The normalized spacial score (nSPS) is 62.7. The predicted octanol–water partition coefficient (Wildman–Crippen LogP) is 5.45. The predicted molar refractivity (Wildman–Crippen MR) is 133 cm³/mol. The molecule has 0 unspecified atom stereocenters. The number of fused-ring (bicyclic) bond motifs is 10. The number of hydrogen-bond acceptors (Lipinski definition) is 4. The SMILES string of the molecule is C[C@@]12C[C@@H](O[C@H]1O)[C@]1(C)CC[C@]3(C)C(=CC[C@@H]4[C@@]5(C)CC[C@H](O)[C@](C)(CO)[C@@H]5CC[C@]43C)[C@@H]1C2. The van der Waals surface area contributed by atoms with Gasteiger partial charge in [0.15, 0.2) is 6.29 Å². The van der Waals surface area contributed by atoms with Crippen molar-refractivity contribution >= 4 is 0 Å². The number of aliphatic hydroxyl groups is 3. The van der Waals surface area contributed by atoms with E-state index in [1.54, 1.807) is 5.57 Å². The van der Waals surface area contributed by atoms with Crippen LogP contribution in [0.1, 0.15) is 99.3 Å². The molecule has 0 amide bonds. The van der Waals surface area contributed by atoms with Crippen LogP contribution in [0.15, 0.2) is 11.6 Å². The van der Waals surface area contributed by atoms with Crippen molar-refractivity contribution in [2.24, 2.45) is 50.2 Å². The summed E-state index contributed by atoms with van der Waals surface area (Å²) in [6.07, 6.45) is 11.5. The molecule has 5 aliphatic carbocycles. The third-order valence-corrected chi connectivity index (χ3v) is 13.9. The highest BCUT2D eigenvalue weighted by molar-refractivity contribution is 5.34. The molecule has 6 aliphatic rings. The van der Waals surface area contributed by atoms with E-state index >= 15 is 0 Å². The summed E-state index contributed by atoms with van der Waals surface area (Å²) in [6.45, 7) is 14.6. The summed E-state index contributed by atoms with van der Waals surface area (Å²) in [5.41, 5.74) is 1.81. The lowest BCUT2D eigenvalue weighted by Crippen LogP contribution is -2.65. The average molecular weight is 473 g/mol. The van der Waals surface area contributed by atoms with Gasteiger partial charge in [0.05, 0.1) is 18.8 Å². The molecule has 34 heavy (non-hydrogen) atoms. The molecular weight excluding hydrogens is 424 g/mol. The van der Waals surface area contributed by atoms with Crippen LogP contribution in [0.2, 0.25) is 0 Å². The summed E-state index contributed by atoms with van der Waals surface area (Å²) in [7, 11) is 0. The second kappa shape index (κ2) is 6.91. The highest BCUT2D eigenvalue weighted by Gasteiger charge is 2.70. The topological polar surface area (TPSA) is 69.9 Å². The molecule has 5 fully saturated rings.